The Morgan fingerprint density at radius 3 is 2.66 bits per heavy atom. The number of rotatable bonds is 7. The predicted molar refractivity (Wildman–Crippen MR) is 106 cm³/mol. The smallest absolute Gasteiger partial charge is 0.403 e. The highest BCUT2D eigenvalue weighted by Crippen LogP contribution is 2.28. The van der Waals surface area contributed by atoms with Crippen LogP contribution in [-0.2, 0) is 4.74 Å². The summed E-state index contributed by atoms with van der Waals surface area (Å²) in [6.07, 6.45) is -3.47. The largest absolute Gasteiger partial charge is 0.573 e. The fraction of sp³-hybridized carbons (Fsp3) is 0.263. The molecule has 1 amide bonds. The summed E-state index contributed by atoms with van der Waals surface area (Å²) in [4.78, 5) is 36.3. The number of methoxy groups -OCH3 is 1. The van der Waals surface area contributed by atoms with E-state index in [9.17, 15) is 27.2 Å². The summed E-state index contributed by atoms with van der Waals surface area (Å²) in [5.74, 6) is -2.96. The van der Waals surface area contributed by atoms with Crippen molar-refractivity contribution in [3.8, 4) is 16.6 Å². The van der Waals surface area contributed by atoms with E-state index in [1.54, 1.807) is 6.20 Å². The molecule has 2 aromatic heterocycles. The van der Waals surface area contributed by atoms with Crippen molar-refractivity contribution in [2.75, 3.05) is 13.7 Å². The Balaban J connectivity index is 1.85. The van der Waals surface area contributed by atoms with Crippen molar-refractivity contribution in [3.05, 3.63) is 62.8 Å². The number of H-pyrrole nitrogens is 1. The molecule has 1 atom stereocenters. The molecule has 0 saturated heterocycles. The highest BCUT2D eigenvalue weighted by Gasteiger charge is 2.32. The molecule has 0 saturated carbocycles. The SMILES string of the molecule is COC[C@@H](NC(=O)c1cc(=O)[nH]c(-c2ncc(C)s2)n1)c1ccc(OC(F)(F)F)c(F)c1. The second-order valence-electron chi connectivity index (χ2n) is 6.47. The minimum Gasteiger partial charge on any atom is -0.403 e. The van der Waals surface area contributed by atoms with E-state index in [4.69, 9.17) is 4.74 Å². The molecule has 0 spiro atoms. The first-order valence-corrected chi connectivity index (χ1v) is 9.76. The number of alkyl halides is 3. The van der Waals surface area contributed by atoms with Crippen LogP contribution < -0.4 is 15.6 Å². The van der Waals surface area contributed by atoms with E-state index in [-0.39, 0.29) is 23.7 Å². The molecule has 13 heteroatoms. The van der Waals surface area contributed by atoms with E-state index in [0.717, 1.165) is 29.1 Å². The zero-order valence-electron chi connectivity index (χ0n) is 16.6. The molecule has 2 heterocycles. The van der Waals surface area contributed by atoms with E-state index < -0.39 is 35.4 Å². The van der Waals surface area contributed by atoms with Gasteiger partial charge in [-0.25, -0.2) is 14.4 Å². The number of carbonyl (C=O) groups excluding carboxylic acids is 1. The number of hydrogen-bond acceptors (Lipinski definition) is 7. The Bertz CT molecular complexity index is 1180. The van der Waals surface area contributed by atoms with Crippen LogP contribution in [-0.4, -0.2) is 40.9 Å². The molecule has 3 aromatic rings. The Hall–Kier alpha value is -3.32. The number of aryl methyl sites for hydroxylation is 1. The number of halogens is 4. The quantitative estimate of drug-likeness (QED) is 0.511. The summed E-state index contributed by atoms with van der Waals surface area (Å²) in [7, 11) is 1.32. The number of aromatic nitrogens is 3. The second-order valence-corrected chi connectivity index (χ2v) is 7.71. The normalized spacial score (nSPS) is 12.4. The molecule has 0 aliphatic carbocycles. The molecule has 0 fully saturated rings. The number of nitrogens with zero attached hydrogens (tertiary/aromatic N) is 2. The fourth-order valence-corrected chi connectivity index (χ4v) is 3.41. The van der Waals surface area contributed by atoms with Crippen LogP contribution in [0.3, 0.4) is 0 Å². The lowest BCUT2D eigenvalue weighted by molar-refractivity contribution is -0.275. The third kappa shape index (κ3) is 5.88. The average Bonchev–Trinajstić information content (AvgIpc) is 3.14. The Morgan fingerprint density at radius 2 is 2.06 bits per heavy atom. The summed E-state index contributed by atoms with van der Waals surface area (Å²) in [5.41, 5.74) is -0.695. The first-order chi connectivity index (χ1) is 15.1. The highest BCUT2D eigenvalue weighted by molar-refractivity contribution is 7.14. The van der Waals surface area contributed by atoms with Gasteiger partial charge in [0.05, 0.1) is 12.6 Å². The highest BCUT2D eigenvalue weighted by atomic mass is 32.1. The van der Waals surface area contributed by atoms with Crippen LogP contribution in [0.2, 0.25) is 0 Å². The van der Waals surface area contributed by atoms with Crippen LogP contribution in [0.5, 0.6) is 5.75 Å². The van der Waals surface area contributed by atoms with E-state index >= 15 is 0 Å². The third-order valence-corrected chi connectivity index (χ3v) is 4.94. The molecule has 32 heavy (non-hydrogen) atoms. The molecule has 0 radical (unpaired) electrons. The molecular weight excluding hydrogens is 456 g/mol. The summed E-state index contributed by atoms with van der Waals surface area (Å²) < 4.78 is 59.8. The van der Waals surface area contributed by atoms with Crippen LogP contribution in [0.4, 0.5) is 17.6 Å². The van der Waals surface area contributed by atoms with Crippen LogP contribution in [0, 0.1) is 12.7 Å². The second kappa shape index (κ2) is 9.44. The molecule has 0 bridgehead atoms. The molecule has 0 aliphatic heterocycles. The van der Waals surface area contributed by atoms with Crippen LogP contribution in [0.25, 0.3) is 10.8 Å². The van der Waals surface area contributed by atoms with Crippen LogP contribution >= 0.6 is 11.3 Å². The maximum absolute atomic E-state index is 14.1. The average molecular weight is 472 g/mol. The van der Waals surface area contributed by atoms with Gasteiger partial charge >= 0.3 is 6.36 Å². The number of amides is 1. The molecule has 1 aromatic carbocycles. The van der Waals surface area contributed by atoms with E-state index in [1.807, 2.05) is 6.92 Å². The van der Waals surface area contributed by atoms with Gasteiger partial charge in [0, 0.05) is 24.3 Å². The van der Waals surface area contributed by atoms with Crippen molar-refractivity contribution in [2.24, 2.45) is 0 Å². The molecule has 0 unspecified atom stereocenters. The van der Waals surface area contributed by atoms with Gasteiger partial charge in [0.2, 0.25) is 0 Å². The monoisotopic (exact) mass is 472 g/mol. The lowest BCUT2D eigenvalue weighted by Gasteiger charge is -2.19. The Labute approximate surface area is 182 Å². The number of carbonyl (C=O) groups is 1. The van der Waals surface area contributed by atoms with Crippen molar-refractivity contribution >= 4 is 17.2 Å². The van der Waals surface area contributed by atoms with Crippen LogP contribution in [0.15, 0.2) is 35.3 Å². The van der Waals surface area contributed by atoms with Crippen molar-refractivity contribution in [1.29, 1.82) is 0 Å². The van der Waals surface area contributed by atoms with Gasteiger partial charge in [0.15, 0.2) is 22.4 Å². The summed E-state index contributed by atoms with van der Waals surface area (Å²) in [5, 5.41) is 2.94. The van der Waals surface area contributed by atoms with Gasteiger partial charge < -0.3 is 19.8 Å². The third-order valence-electron chi connectivity index (χ3n) is 4.02. The van der Waals surface area contributed by atoms with E-state index in [2.05, 4.69) is 25.0 Å². The first-order valence-electron chi connectivity index (χ1n) is 8.95. The standard InChI is InChI=1S/C19H16F4N4O4S/c1-9-7-24-18(32-9)16-25-12(6-15(28)27-16)17(29)26-13(8-30-2)10-3-4-14(11(20)5-10)31-19(21,22)23/h3-7,13H,8H2,1-2H3,(H,26,29)(H,25,27,28)/t13-/m1/s1. The molecule has 0 aliphatic rings. The maximum Gasteiger partial charge on any atom is 0.573 e. The molecule has 2 N–H and O–H groups in total. The zero-order chi connectivity index (χ0) is 23.5. The Kier molecular flexibility index (Phi) is 6.89. The number of nitrogens with one attached hydrogen (secondary N) is 2. The lowest BCUT2D eigenvalue weighted by atomic mass is 10.1. The van der Waals surface area contributed by atoms with Gasteiger partial charge in [-0.15, -0.1) is 24.5 Å². The minimum absolute atomic E-state index is 0.101. The maximum atomic E-state index is 14.1. The van der Waals surface area contributed by atoms with Gasteiger partial charge in [0.25, 0.3) is 11.5 Å². The summed E-state index contributed by atoms with van der Waals surface area (Å²) >= 11 is 1.27. The number of aromatic amines is 1. The number of benzene rings is 1. The molecule has 8 nitrogen and oxygen atoms in total. The van der Waals surface area contributed by atoms with Gasteiger partial charge in [-0.2, -0.15) is 0 Å². The van der Waals surface area contributed by atoms with Crippen molar-refractivity contribution in [2.45, 2.75) is 19.3 Å². The van der Waals surface area contributed by atoms with Crippen molar-refractivity contribution < 1.29 is 31.8 Å². The Morgan fingerprint density at radius 1 is 1.31 bits per heavy atom. The number of thiazole rings is 1. The lowest BCUT2D eigenvalue weighted by Crippen LogP contribution is -2.33. The topological polar surface area (TPSA) is 106 Å². The fourth-order valence-electron chi connectivity index (χ4n) is 2.70. The number of ether oxygens (including phenoxy) is 2. The first kappa shape index (κ1) is 23.3. The van der Waals surface area contributed by atoms with Gasteiger partial charge in [-0.1, -0.05) is 6.07 Å². The predicted octanol–water partition coefficient (Wildman–Crippen LogP) is 3.36. The summed E-state index contributed by atoms with van der Waals surface area (Å²) in [6.45, 7) is 1.68. The van der Waals surface area contributed by atoms with Crippen LogP contribution in [0.1, 0.15) is 27.0 Å². The van der Waals surface area contributed by atoms with Crippen molar-refractivity contribution in [1.82, 2.24) is 20.3 Å². The van der Waals surface area contributed by atoms with Gasteiger partial charge in [-0.05, 0) is 24.6 Å². The van der Waals surface area contributed by atoms with E-state index in [0.29, 0.717) is 5.01 Å². The van der Waals surface area contributed by atoms with Gasteiger partial charge in [0.1, 0.15) is 5.69 Å². The molecule has 3 rings (SSSR count). The van der Waals surface area contributed by atoms with E-state index in [1.165, 1.54) is 18.4 Å². The molecular formula is C19H16F4N4O4S. The summed E-state index contributed by atoms with van der Waals surface area (Å²) in [6, 6.07) is 2.77. The van der Waals surface area contributed by atoms with Gasteiger partial charge in [-0.3, -0.25) is 9.59 Å². The number of hydrogen-bond donors (Lipinski definition) is 2. The zero-order valence-corrected chi connectivity index (χ0v) is 17.4. The molecule has 170 valence electrons. The van der Waals surface area contributed by atoms with Crippen molar-refractivity contribution in [3.63, 3.8) is 0 Å². The minimum atomic E-state index is -5.05.